The number of hydrogen-bond acceptors (Lipinski definition) is 5. The smallest absolute Gasteiger partial charge is 0.255 e. The molecule has 0 saturated carbocycles. The zero-order valence-electron chi connectivity index (χ0n) is 16.1. The van der Waals surface area contributed by atoms with Gasteiger partial charge < -0.3 is 10.6 Å². The summed E-state index contributed by atoms with van der Waals surface area (Å²) in [6.45, 7) is 1.97. The number of nitrogens with zero attached hydrogens (tertiary/aromatic N) is 3. The van der Waals surface area contributed by atoms with Gasteiger partial charge in [0.25, 0.3) is 5.91 Å². The molecule has 0 aliphatic rings. The van der Waals surface area contributed by atoms with Crippen molar-refractivity contribution in [2.75, 3.05) is 10.6 Å². The lowest BCUT2D eigenvalue weighted by molar-refractivity contribution is 0.102. The van der Waals surface area contributed by atoms with Gasteiger partial charge in [-0.3, -0.25) is 9.78 Å². The highest BCUT2D eigenvalue weighted by molar-refractivity contribution is 6.30. The van der Waals surface area contributed by atoms with Crippen LogP contribution in [0.25, 0.3) is 11.3 Å². The number of halogens is 1. The summed E-state index contributed by atoms with van der Waals surface area (Å²) in [6.07, 6.45) is 5.15. The largest absolute Gasteiger partial charge is 0.324 e. The Balaban J connectivity index is 1.54. The van der Waals surface area contributed by atoms with Crippen LogP contribution in [-0.4, -0.2) is 20.9 Å². The lowest BCUT2D eigenvalue weighted by Crippen LogP contribution is -2.12. The van der Waals surface area contributed by atoms with Crippen LogP contribution >= 0.6 is 11.6 Å². The summed E-state index contributed by atoms with van der Waals surface area (Å²) in [7, 11) is 0. The van der Waals surface area contributed by atoms with E-state index in [4.69, 9.17) is 11.6 Å². The molecule has 6 nitrogen and oxygen atoms in total. The predicted octanol–water partition coefficient (Wildman–Crippen LogP) is 5.50. The van der Waals surface area contributed by atoms with Gasteiger partial charge in [0.05, 0.1) is 5.69 Å². The fraction of sp³-hybridized carbons (Fsp3) is 0.0435. The molecule has 1 amide bonds. The third-order valence-electron chi connectivity index (χ3n) is 4.48. The quantitative estimate of drug-likeness (QED) is 0.450. The summed E-state index contributed by atoms with van der Waals surface area (Å²) in [6, 6.07) is 18.0. The fourth-order valence-corrected chi connectivity index (χ4v) is 2.99. The van der Waals surface area contributed by atoms with Gasteiger partial charge in [-0.2, -0.15) is 0 Å². The molecule has 0 spiro atoms. The van der Waals surface area contributed by atoms with Gasteiger partial charge in [0, 0.05) is 46.1 Å². The molecule has 2 aromatic carbocycles. The molecule has 2 heterocycles. The molecule has 0 unspecified atom stereocenters. The summed E-state index contributed by atoms with van der Waals surface area (Å²) < 4.78 is 0. The zero-order chi connectivity index (χ0) is 20.9. The minimum absolute atomic E-state index is 0.211. The number of amides is 1. The minimum Gasteiger partial charge on any atom is -0.324 e. The van der Waals surface area contributed by atoms with Crippen LogP contribution in [0, 0.1) is 6.92 Å². The number of anilines is 3. The van der Waals surface area contributed by atoms with Gasteiger partial charge >= 0.3 is 0 Å². The topological polar surface area (TPSA) is 79.8 Å². The molecule has 4 aromatic rings. The molecule has 0 radical (unpaired) electrons. The van der Waals surface area contributed by atoms with Gasteiger partial charge in [0.15, 0.2) is 0 Å². The van der Waals surface area contributed by atoms with Crippen molar-refractivity contribution in [2.45, 2.75) is 6.92 Å². The molecule has 0 bridgehead atoms. The van der Waals surface area contributed by atoms with Crippen molar-refractivity contribution in [3.05, 3.63) is 95.4 Å². The van der Waals surface area contributed by atoms with E-state index in [1.54, 1.807) is 42.9 Å². The molecule has 0 fully saturated rings. The van der Waals surface area contributed by atoms with E-state index in [1.165, 1.54) is 0 Å². The molecule has 0 saturated heterocycles. The van der Waals surface area contributed by atoms with Crippen molar-refractivity contribution in [2.24, 2.45) is 0 Å². The number of aromatic nitrogens is 3. The monoisotopic (exact) mass is 415 g/mol. The van der Waals surface area contributed by atoms with E-state index in [1.807, 2.05) is 43.3 Å². The summed E-state index contributed by atoms with van der Waals surface area (Å²) in [4.78, 5) is 25.4. The average Bonchev–Trinajstić information content (AvgIpc) is 2.77. The first-order valence-electron chi connectivity index (χ1n) is 9.26. The molecule has 30 heavy (non-hydrogen) atoms. The lowest BCUT2D eigenvalue weighted by Gasteiger charge is -2.12. The van der Waals surface area contributed by atoms with Crippen LogP contribution < -0.4 is 10.6 Å². The summed E-state index contributed by atoms with van der Waals surface area (Å²) in [5.41, 5.74) is 4.74. The molecule has 7 heteroatoms. The van der Waals surface area contributed by atoms with Crippen molar-refractivity contribution >= 4 is 34.8 Å². The second kappa shape index (κ2) is 8.71. The molecular formula is C23H18ClN5O. The van der Waals surface area contributed by atoms with E-state index < -0.39 is 0 Å². The second-order valence-corrected chi connectivity index (χ2v) is 7.05. The van der Waals surface area contributed by atoms with Crippen LogP contribution in [0.5, 0.6) is 0 Å². The molecule has 2 aromatic heterocycles. The van der Waals surface area contributed by atoms with Gasteiger partial charge in [-0.15, -0.1) is 0 Å². The number of pyridine rings is 1. The Kier molecular flexibility index (Phi) is 5.68. The second-order valence-electron chi connectivity index (χ2n) is 6.62. The fourth-order valence-electron chi connectivity index (χ4n) is 2.86. The maximum atomic E-state index is 12.5. The van der Waals surface area contributed by atoms with Crippen molar-refractivity contribution < 1.29 is 4.79 Å². The number of carbonyl (C=O) groups is 1. The average molecular weight is 416 g/mol. The standard InChI is InChI=1S/C23H18ClN5O/c1-15-2-7-19(27-22(30)17-3-5-18(24)6-4-17)14-21(15)29-23-26-13-10-20(28-23)16-8-11-25-12-9-16/h2-14H,1H3,(H,27,30)(H,26,28,29). The third kappa shape index (κ3) is 4.61. The number of benzene rings is 2. The molecule has 0 aliphatic heterocycles. The number of carbonyl (C=O) groups excluding carboxylic acids is 1. The first-order chi connectivity index (χ1) is 14.6. The van der Waals surface area contributed by atoms with Crippen LogP contribution in [0.4, 0.5) is 17.3 Å². The number of aryl methyl sites for hydroxylation is 1. The highest BCUT2D eigenvalue weighted by atomic mass is 35.5. The van der Waals surface area contributed by atoms with E-state index in [0.29, 0.717) is 22.2 Å². The van der Waals surface area contributed by atoms with Crippen LogP contribution in [0.15, 0.2) is 79.3 Å². The lowest BCUT2D eigenvalue weighted by atomic mass is 10.1. The van der Waals surface area contributed by atoms with Gasteiger partial charge in [-0.1, -0.05) is 17.7 Å². The Hall–Kier alpha value is -3.77. The maximum absolute atomic E-state index is 12.5. The number of rotatable bonds is 5. The molecule has 0 aliphatic carbocycles. The van der Waals surface area contributed by atoms with Crippen molar-refractivity contribution in [1.82, 2.24) is 15.0 Å². The predicted molar refractivity (Wildman–Crippen MR) is 119 cm³/mol. The molecule has 0 atom stereocenters. The molecule has 148 valence electrons. The molecule has 4 rings (SSSR count). The zero-order valence-corrected chi connectivity index (χ0v) is 16.9. The van der Waals surface area contributed by atoms with Gasteiger partial charge in [-0.05, 0) is 67.1 Å². The number of hydrogen-bond donors (Lipinski definition) is 2. The van der Waals surface area contributed by atoms with E-state index in [0.717, 1.165) is 22.5 Å². The maximum Gasteiger partial charge on any atom is 0.255 e. The van der Waals surface area contributed by atoms with E-state index in [-0.39, 0.29) is 5.91 Å². The van der Waals surface area contributed by atoms with Gasteiger partial charge in [0.1, 0.15) is 0 Å². The normalized spacial score (nSPS) is 10.5. The molecular weight excluding hydrogens is 398 g/mol. The van der Waals surface area contributed by atoms with Gasteiger partial charge in [-0.25, -0.2) is 9.97 Å². The van der Waals surface area contributed by atoms with Crippen molar-refractivity contribution in [3.8, 4) is 11.3 Å². The van der Waals surface area contributed by atoms with Crippen LogP contribution in [0.1, 0.15) is 15.9 Å². The van der Waals surface area contributed by atoms with Crippen LogP contribution in [-0.2, 0) is 0 Å². The summed E-state index contributed by atoms with van der Waals surface area (Å²) >= 11 is 5.89. The Morgan fingerprint density at radius 3 is 2.47 bits per heavy atom. The minimum atomic E-state index is -0.211. The third-order valence-corrected chi connectivity index (χ3v) is 4.73. The Morgan fingerprint density at radius 1 is 0.933 bits per heavy atom. The van der Waals surface area contributed by atoms with Crippen molar-refractivity contribution in [3.63, 3.8) is 0 Å². The highest BCUT2D eigenvalue weighted by Gasteiger charge is 2.09. The van der Waals surface area contributed by atoms with E-state index in [9.17, 15) is 4.79 Å². The van der Waals surface area contributed by atoms with Crippen LogP contribution in [0.2, 0.25) is 5.02 Å². The Bertz CT molecular complexity index is 1180. The Labute approximate surface area is 179 Å². The SMILES string of the molecule is Cc1ccc(NC(=O)c2ccc(Cl)cc2)cc1Nc1nccc(-c2ccncc2)n1. The van der Waals surface area contributed by atoms with Crippen molar-refractivity contribution in [1.29, 1.82) is 0 Å². The first-order valence-corrected chi connectivity index (χ1v) is 9.64. The molecule has 2 N–H and O–H groups in total. The van der Waals surface area contributed by atoms with Crippen LogP contribution in [0.3, 0.4) is 0 Å². The highest BCUT2D eigenvalue weighted by Crippen LogP contribution is 2.24. The first kappa shape index (κ1) is 19.5. The van der Waals surface area contributed by atoms with E-state index >= 15 is 0 Å². The number of nitrogens with one attached hydrogen (secondary N) is 2. The summed E-state index contributed by atoms with van der Waals surface area (Å²) in [5.74, 6) is 0.256. The Morgan fingerprint density at radius 2 is 1.70 bits per heavy atom. The van der Waals surface area contributed by atoms with Gasteiger partial charge in [0.2, 0.25) is 5.95 Å². The van der Waals surface area contributed by atoms with E-state index in [2.05, 4.69) is 25.6 Å². The summed E-state index contributed by atoms with van der Waals surface area (Å²) in [5, 5.41) is 6.72.